The molecule has 0 radical (unpaired) electrons. The molecule has 0 aromatic rings. The van der Waals surface area contributed by atoms with E-state index in [1.807, 2.05) is 7.05 Å². The molecule has 0 saturated carbocycles. The molecule has 0 aromatic heterocycles. The number of rotatable bonds is 4. The van der Waals surface area contributed by atoms with E-state index in [0.717, 1.165) is 32.3 Å². The molecular weight excluding hydrogens is 329 g/mol. The van der Waals surface area contributed by atoms with Gasteiger partial charge in [-0.1, -0.05) is 13.8 Å². The van der Waals surface area contributed by atoms with Crippen LogP contribution in [0.25, 0.3) is 0 Å². The molecule has 102 valence electrons. The highest BCUT2D eigenvalue weighted by Crippen LogP contribution is 2.13. The molecule has 1 N–H and O–H groups in total. The number of hydrogen-bond acceptors (Lipinski definition) is 2. The summed E-state index contributed by atoms with van der Waals surface area (Å²) in [7, 11) is 3.93. The van der Waals surface area contributed by atoms with E-state index in [1.54, 1.807) is 0 Å². The zero-order chi connectivity index (χ0) is 12.0. The Balaban J connectivity index is 0.00000256. The molecule has 1 aliphatic rings. The average molecular weight is 355 g/mol. The van der Waals surface area contributed by atoms with Gasteiger partial charge in [0.1, 0.15) is 0 Å². The lowest BCUT2D eigenvalue weighted by Gasteiger charge is -2.25. The number of nitrogens with one attached hydrogen (secondary N) is 1. The van der Waals surface area contributed by atoms with Crippen LogP contribution in [0.2, 0.25) is 0 Å². The Morgan fingerprint density at radius 2 is 2.24 bits per heavy atom. The van der Waals surface area contributed by atoms with Crippen LogP contribution in [0.15, 0.2) is 4.99 Å². The Morgan fingerprint density at radius 1 is 1.53 bits per heavy atom. The summed E-state index contributed by atoms with van der Waals surface area (Å²) in [5.74, 6) is 2.28. The van der Waals surface area contributed by atoms with Gasteiger partial charge in [-0.2, -0.15) is 0 Å². The van der Waals surface area contributed by atoms with Crippen LogP contribution in [0.3, 0.4) is 0 Å². The van der Waals surface area contributed by atoms with E-state index in [2.05, 4.69) is 36.1 Å². The highest BCUT2D eigenvalue weighted by atomic mass is 127. The van der Waals surface area contributed by atoms with Crippen molar-refractivity contribution >= 4 is 29.9 Å². The van der Waals surface area contributed by atoms with Gasteiger partial charge in [0.25, 0.3) is 0 Å². The lowest BCUT2D eigenvalue weighted by atomic mass is 10.1. The third-order valence-corrected chi connectivity index (χ3v) is 2.80. The monoisotopic (exact) mass is 355 g/mol. The van der Waals surface area contributed by atoms with Gasteiger partial charge in [0, 0.05) is 39.7 Å². The minimum atomic E-state index is 0. The van der Waals surface area contributed by atoms with E-state index >= 15 is 0 Å². The molecule has 1 rings (SSSR count). The van der Waals surface area contributed by atoms with Crippen molar-refractivity contribution in [3.63, 3.8) is 0 Å². The normalized spacial score (nSPS) is 20.3. The van der Waals surface area contributed by atoms with Gasteiger partial charge in [0.15, 0.2) is 5.96 Å². The first-order chi connectivity index (χ1) is 7.63. The first-order valence-electron chi connectivity index (χ1n) is 6.13. The molecule has 0 aliphatic carbocycles. The number of nitrogens with zero attached hydrogens (tertiary/aromatic N) is 2. The summed E-state index contributed by atoms with van der Waals surface area (Å²) < 4.78 is 5.38. The fraction of sp³-hybridized carbons (Fsp3) is 0.917. The molecule has 1 aliphatic heterocycles. The van der Waals surface area contributed by atoms with Crippen molar-refractivity contribution in [3.05, 3.63) is 0 Å². The Hall–Kier alpha value is -0.0400. The highest BCUT2D eigenvalue weighted by Gasteiger charge is 2.18. The van der Waals surface area contributed by atoms with E-state index in [-0.39, 0.29) is 24.0 Å². The minimum Gasteiger partial charge on any atom is -0.381 e. The van der Waals surface area contributed by atoms with E-state index in [0.29, 0.717) is 11.8 Å². The summed E-state index contributed by atoms with van der Waals surface area (Å²) >= 11 is 0. The van der Waals surface area contributed by atoms with Gasteiger partial charge in [-0.25, -0.2) is 0 Å². The second-order valence-corrected chi connectivity index (χ2v) is 4.93. The summed E-state index contributed by atoms with van der Waals surface area (Å²) in [6, 6.07) is 0. The second-order valence-electron chi connectivity index (χ2n) is 4.93. The molecular formula is C12H26IN3O. The van der Waals surface area contributed by atoms with Crippen LogP contribution in [0.4, 0.5) is 0 Å². The van der Waals surface area contributed by atoms with Crippen LogP contribution < -0.4 is 5.32 Å². The van der Waals surface area contributed by atoms with Crippen LogP contribution in [-0.4, -0.2) is 51.3 Å². The van der Waals surface area contributed by atoms with Crippen LogP contribution in [0.5, 0.6) is 0 Å². The fourth-order valence-corrected chi connectivity index (χ4v) is 1.88. The standard InChI is InChI=1S/C12H25N3O.HI/c1-10(2)7-14-12(13-3)15(4)8-11-5-6-16-9-11;/h10-11H,5-9H2,1-4H3,(H,13,14);1H. The van der Waals surface area contributed by atoms with Crippen molar-refractivity contribution in [3.8, 4) is 0 Å². The predicted octanol–water partition coefficient (Wildman–Crippen LogP) is 1.80. The number of guanidine groups is 1. The van der Waals surface area contributed by atoms with E-state index < -0.39 is 0 Å². The van der Waals surface area contributed by atoms with E-state index in [4.69, 9.17) is 4.74 Å². The van der Waals surface area contributed by atoms with E-state index in [9.17, 15) is 0 Å². The number of aliphatic imine (C=N–C) groups is 1. The molecule has 1 atom stereocenters. The van der Waals surface area contributed by atoms with Crippen molar-refractivity contribution in [2.45, 2.75) is 20.3 Å². The number of ether oxygens (including phenoxy) is 1. The molecule has 0 amide bonds. The SMILES string of the molecule is CN=C(NCC(C)C)N(C)CC1CCOC1.I. The summed E-state index contributed by atoms with van der Waals surface area (Å²) in [4.78, 5) is 6.49. The third-order valence-electron chi connectivity index (χ3n) is 2.80. The minimum absolute atomic E-state index is 0. The van der Waals surface area contributed by atoms with Gasteiger partial charge in [0.2, 0.25) is 0 Å². The molecule has 1 saturated heterocycles. The molecule has 0 bridgehead atoms. The summed E-state index contributed by atoms with van der Waals surface area (Å²) in [5.41, 5.74) is 0. The average Bonchev–Trinajstić information content (AvgIpc) is 2.71. The van der Waals surface area contributed by atoms with Gasteiger partial charge in [-0.15, -0.1) is 24.0 Å². The van der Waals surface area contributed by atoms with Crippen molar-refractivity contribution in [1.82, 2.24) is 10.2 Å². The van der Waals surface area contributed by atoms with Crippen molar-refractivity contribution < 1.29 is 4.74 Å². The van der Waals surface area contributed by atoms with Gasteiger partial charge in [-0.3, -0.25) is 4.99 Å². The Bertz CT molecular complexity index is 228. The first-order valence-corrected chi connectivity index (χ1v) is 6.13. The fourth-order valence-electron chi connectivity index (χ4n) is 1.88. The van der Waals surface area contributed by atoms with Crippen LogP contribution in [0.1, 0.15) is 20.3 Å². The van der Waals surface area contributed by atoms with Crippen LogP contribution in [0, 0.1) is 11.8 Å². The highest BCUT2D eigenvalue weighted by molar-refractivity contribution is 14.0. The molecule has 4 nitrogen and oxygen atoms in total. The molecule has 0 aromatic carbocycles. The van der Waals surface area contributed by atoms with Crippen LogP contribution >= 0.6 is 24.0 Å². The van der Waals surface area contributed by atoms with Gasteiger partial charge < -0.3 is 15.0 Å². The Morgan fingerprint density at radius 3 is 2.71 bits per heavy atom. The lowest BCUT2D eigenvalue weighted by Crippen LogP contribution is -2.42. The molecule has 17 heavy (non-hydrogen) atoms. The number of halogens is 1. The quantitative estimate of drug-likeness (QED) is 0.475. The second kappa shape index (κ2) is 8.97. The summed E-state index contributed by atoms with van der Waals surface area (Å²) in [6.45, 7) is 8.20. The van der Waals surface area contributed by atoms with Crippen LogP contribution in [-0.2, 0) is 4.74 Å². The lowest BCUT2D eigenvalue weighted by molar-refractivity contribution is 0.181. The topological polar surface area (TPSA) is 36.9 Å². The third kappa shape index (κ3) is 6.45. The molecule has 0 spiro atoms. The van der Waals surface area contributed by atoms with E-state index in [1.165, 1.54) is 6.42 Å². The Kier molecular flexibility index (Phi) is 8.94. The number of hydrogen-bond donors (Lipinski definition) is 1. The zero-order valence-corrected chi connectivity index (χ0v) is 13.7. The zero-order valence-electron chi connectivity index (χ0n) is 11.4. The first kappa shape index (κ1) is 17.0. The van der Waals surface area contributed by atoms with Crippen molar-refractivity contribution in [2.75, 3.05) is 40.4 Å². The molecule has 1 heterocycles. The maximum Gasteiger partial charge on any atom is 0.193 e. The largest absolute Gasteiger partial charge is 0.381 e. The van der Waals surface area contributed by atoms with Gasteiger partial charge >= 0.3 is 0 Å². The smallest absolute Gasteiger partial charge is 0.193 e. The van der Waals surface area contributed by atoms with Gasteiger partial charge in [0.05, 0.1) is 6.61 Å². The maximum atomic E-state index is 5.38. The maximum absolute atomic E-state index is 5.38. The van der Waals surface area contributed by atoms with Crippen molar-refractivity contribution in [2.24, 2.45) is 16.8 Å². The summed E-state index contributed by atoms with van der Waals surface area (Å²) in [5, 5.41) is 3.38. The van der Waals surface area contributed by atoms with Crippen molar-refractivity contribution in [1.29, 1.82) is 0 Å². The molecule has 1 fully saturated rings. The molecule has 1 unspecified atom stereocenters. The molecule has 5 heteroatoms. The van der Waals surface area contributed by atoms with Gasteiger partial charge in [-0.05, 0) is 12.3 Å². The predicted molar refractivity (Wildman–Crippen MR) is 83.2 cm³/mol. The Labute approximate surface area is 122 Å². The summed E-state index contributed by atoms with van der Waals surface area (Å²) in [6.07, 6.45) is 1.17.